The van der Waals surface area contributed by atoms with Crippen molar-refractivity contribution < 1.29 is 24.2 Å². The highest BCUT2D eigenvalue weighted by Crippen LogP contribution is 2.19. The molecule has 1 atom stereocenters. The lowest BCUT2D eigenvalue weighted by Crippen LogP contribution is -2.52. The van der Waals surface area contributed by atoms with Crippen molar-refractivity contribution in [1.29, 1.82) is 0 Å². The Bertz CT molecular complexity index is 302. The number of nitrogens with one attached hydrogen (secondary N) is 2. The van der Waals surface area contributed by atoms with Crippen molar-refractivity contribution in [3.63, 3.8) is 0 Å². The number of carbonyl (C=O) groups is 2. The zero-order chi connectivity index (χ0) is 15.6. The maximum Gasteiger partial charge on any atom is 0.326 e. The van der Waals surface area contributed by atoms with Crippen LogP contribution in [0.2, 0.25) is 0 Å². The van der Waals surface area contributed by atoms with Crippen LogP contribution in [-0.4, -0.2) is 56.6 Å². The predicted octanol–water partition coefficient (Wildman–Crippen LogP) is 0.838. The molecule has 0 fully saturated rings. The lowest BCUT2D eigenvalue weighted by molar-refractivity contribution is -0.141. The number of hydrogen-bond donors (Lipinski definition) is 3. The first-order chi connectivity index (χ1) is 9.29. The Morgan fingerprint density at radius 2 is 1.85 bits per heavy atom. The van der Waals surface area contributed by atoms with Gasteiger partial charge in [-0.2, -0.15) is 0 Å². The van der Waals surface area contributed by atoms with Gasteiger partial charge in [0.1, 0.15) is 6.04 Å². The van der Waals surface area contributed by atoms with E-state index < -0.39 is 23.5 Å². The molecule has 0 saturated carbocycles. The third-order valence-corrected chi connectivity index (χ3v) is 2.57. The summed E-state index contributed by atoms with van der Waals surface area (Å²) in [5.41, 5.74) is -0.549. The fourth-order valence-corrected chi connectivity index (χ4v) is 1.45. The molecule has 3 N–H and O–H groups in total. The molecule has 0 aliphatic rings. The summed E-state index contributed by atoms with van der Waals surface area (Å²) >= 11 is 0. The average Bonchev–Trinajstić information content (AvgIpc) is 2.33. The van der Waals surface area contributed by atoms with Crippen LogP contribution in [0.3, 0.4) is 0 Å². The van der Waals surface area contributed by atoms with E-state index in [9.17, 15) is 9.59 Å². The summed E-state index contributed by atoms with van der Waals surface area (Å²) in [6, 6.07) is -1.41. The molecule has 0 aromatic carbocycles. The Morgan fingerprint density at radius 1 is 1.20 bits per heavy atom. The number of carboxylic acid groups (broad SMARTS) is 1. The van der Waals surface area contributed by atoms with Gasteiger partial charge in [0.25, 0.3) is 0 Å². The molecule has 0 aromatic heterocycles. The lowest BCUT2D eigenvalue weighted by atomic mass is 9.87. The van der Waals surface area contributed by atoms with Gasteiger partial charge in [-0.25, -0.2) is 9.59 Å². The highest BCUT2D eigenvalue weighted by molar-refractivity contribution is 5.83. The molecule has 0 aliphatic carbocycles. The molecule has 0 aliphatic heterocycles. The first-order valence-electron chi connectivity index (χ1n) is 6.63. The molecule has 0 heterocycles. The van der Waals surface area contributed by atoms with Crippen LogP contribution in [0.25, 0.3) is 0 Å². The highest BCUT2D eigenvalue weighted by atomic mass is 16.5. The Labute approximate surface area is 120 Å². The number of carboxylic acids is 1. The quantitative estimate of drug-likeness (QED) is 0.547. The van der Waals surface area contributed by atoms with E-state index in [-0.39, 0.29) is 0 Å². The summed E-state index contributed by atoms with van der Waals surface area (Å²) in [4.78, 5) is 22.7. The first kappa shape index (κ1) is 18.7. The SMILES string of the molecule is COCCOCCCNC(=O)N[C@@H](C(=O)O)C(C)(C)C. The number of ether oxygens (including phenoxy) is 2. The molecular formula is C13H26N2O5. The minimum absolute atomic E-state index is 0.426. The van der Waals surface area contributed by atoms with E-state index in [4.69, 9.17) is 14.6 Å². The van der Waals surface area contributed by atoms with E-state index in [0.717, 1.165) is 0 Å². The number of carbonyl (C=O) groups excluding carboxylic acids is 1. The third-order valence-electron chi connectivity index (χ3n) is 2.57. The standard InChI is InChI=1S/C13H26N2O5/c1-13(2,3)10(11(16)17)15-12(18)14-6-5-7-20-9-8-19-4/h10H,5-9H2,1-4H3,(H,16,17)(H2,14,15,18)/t10-/m0/s1. The highest BCUT2D eigenvalue weighted by Gasteiger charge is 2.32. The molecule has 0 saturated heterocycles. The number of methoxy groups -OCH3 is 1. The molecule has 118 valence electrons. The van der Waals surface area contributed by atoms with Crippen molar-refractivity contribution in [3.05, 3.63) is 0 Å². The van der Waals surface area contributed by atoms with Crippen LogP contribution < -0.4 is 10.6 Å². The van der Waals surface area contributed by atoms with Gasteiger partial charge in [-0.3, -0.25) is 0 Å². The summed E-state index contributed by atoms with van der Waals surface area (Å²) in [6.45, 7) is 7.29. The van der Waals surface area contributed by atoms with Crippen molar-refractivity contribution in [3.8, 4) is 0 Å². The van der Waals surface area contributed by atoms with Crippen molar-refractivity contribution >= 4 is 12.0 Å². The second kappa shape index (κ2) is 9.55. The Morgan fingerprint density at radius 3 is 2.35 bits per heavy atom. The third kappa shape index (κ3) is 8.71. The van der Waals surface area contributed by atoms with Crippen molar-refractivity contribution in [1.82, 2.24) is 10.6 Å². The maximum absolute atomic E-state index is 11.6. The van der Waals surface area contributed by atoms with Gasteiger partial charge in [0.2, 0.25) is 0 Å². The summed E-state index contributed by atoms with van der Waals surface area (Å²) < 4.78 is 10.1. The number of hydrogen-bond acceptors (Lipinski definition) is 4. The van der Waals surface area contributed by atoms with E-state index in [1.807, 2.05) is 0 Å². The number of rotatable bonds is 9. The predicted molar refractivity (Wildman–Crippen MR) is 74.7 cm³/mol. The van der Waals surface area contributed by atoms with Crippen LogP contribution >= 0.6 is 0 Å². The van der Waals surface area contributed by atoms with Gasteiger partial charge in [0.05, 0.1) is 13.2 Å². The number of amides is 2. The molecule has 0 rings (SSSR count). The topological polar surface area (TPSA) is 96.9 Å². The van der Waals surface area contributed by atoms with Crippen molar-refractivity contribution in [2.45, 2.75) is 33.2 Å². The zero-order valence-electron chi connectivity index (χ0n) is 12.7. The minimum atomic E-state index is -1.05. The van der Waals surface area contributed by atoms with Gasteiger partial charge in [-0.05, 0) is 11.8 Å². The molecular weight excluding hydrogens is 264 g/mol. The zero-order valence-corrected chi connectivity index (χ0v) is 12.7. The van der Waals surface area contributed by atoms with Crippen molar-refractivity contribution in [2.75, 3.05) is 33.5 Å². The molecule has 7 heteroatoms. The van der Waals surface area contributed by atoms with E-state index in [2.05, 4.69) is 10.6 Å². The Balaban J connectivity index is 3.84. The van der Waals surface area contributed by atoms with Gasteiger partial charge in [0, 0.05) is 20.3 Å². The smallest absolute Gasteiger partial charge is 0.326 e. The van der Waals surface area contributed by atoms with E-state index in [0.29, 0.717) is 32.8 Å². The van der Waals surface area contributed by atoms with Gasteiger partial charge in [-0.1, -0.05) is 20.8 Å². The van der Waals surface area contributed by atoms with Crippen LogP contribution in [0.5, 0.6) is 0 Å². The fourth-order valence-electron chi connectivity index (χ4n) is 1.45. The molecule has 0 radical (unpaired) electrons. The van der Waals surface area contributed by atoms with Crippen LogP contribution in [0.15, 0.2) is 0 Å². The Hall–Kier alpha value is -1.34. The molecule has 7 nitrogen and oxygen atoms in total. The van der Waals surface area contributed by atoms with Gasteiger partial charge in [-0.15, -0.1) is 0 Å². The Kier molecular flexibility index (Phi) is 8.91. The van der Waals surface area contributed by atoms with Crippen LogP contribution in [0.4, 0.5) is 4.79 Å². The second-order valence-electron chi connectivity index (χ2n) is 5.50. The second-order valence-corrected chi connectivity index (χ2v) is 5.50. The summed E-state index contributed by atoms with van der Waals surface area (Å²) in [7, 11) is 1.60. The summed E-state index contributed by atoms with van der Waals surface area (Å²) in [5, 5.41) is 14.1. The summed E-state index contributed by atoms with van der Waals surface area (Å²) in [5.74, 6) is -1.05. The van der Waals surface area contributed by atoms with E-state index >= 15 is 0 Å². The molecule has 20 heavy (non-hydrogen) atoms. The maximum atomic E-state index is 11.6. The molecule has 0 unspecified atom stereocenters. The monoisotopic (exact) mass is 290 g/mol. The minimum Gasteiger partial charge on any atom is -0.480 e. The first-order valence-corrected chi connectivity index (χ1v) is 6.63. The molecule has 0 aromatic rings. The lowest BCUT2D eigenvalue weighted by Gasteiger charge is -2.27. The van der Waals surface area contributed by atoms with Crippen LogP contribution in [0.1, 0.15) is 27.2 Å². The average molecular weight is 290 g/mol. The van der Waals surface area contributed by atoms with E-state index in [1.165, 1.54) is 0 Å². The fraction of sp³-hybridized carbons (Fsp3) is 0.846. The van der Waals surface area contributed by atoms with Crippen LogP contribution in [0, 0.1) is 5.41 Å². The normalized spacial score (nSPS) is 12.8. The van der Waals surface area contributed by atoms with Crippen molar-refractivity contribution in [2.24, 2.45) is 5.41 Å². The van der Waals surface area contributed by atoms with E-state index in [1.54, 1.807) is 27.9 Å². The van der Waals surface area contributed by atoms with Gasteiger partial charge in [0.15, 0.2) is 0 Å². The molecule has 0 bridgehead atoms. The van der Waals surface area contributed by atoms with Gasteiger partial charge >= 0.3 is 12.0 Å². The van der Waals surface area contributed by atoms with Crippen LogP contribution in [-0.2, 0) is 14.3 Å². The summed E-state index contributed by atoms with van der Waals surface area (Å²) in [6.07, 6.45) is 0.657. The molecule has 2 amide bonds. The number of aliphatic carboxylic acids is 1. The largest absolute Gasteiger partial charge is 0.480 e. The molecule has 0 spiro atoms. The van der Waals surface area contributed by atoms with Gasteiger partial charge < -0.3 is 25.2 Å². The number of urea groups is 1.